The largest absolute Gasteiger partial charge is 0.496 e. The fraction of sp³-hybridized carbons (Fsp3) is 0.429. The maximum absolute atomic E-state index is 13.5. The number of piperazine rings is 1. The van der Waals surface area contributed by atoms with Gasteiger partial charge >= 0.3 is 0 Å². The van der Waals surface area contributed by atoms with Crippen molar-refractivity contribution in [2.75, 3.05) is 26.7 Å². The van der Waals surface area contributed by atoms with Crippen LogP contribution in [0.3, 0.4) is 0 Å². The average molecular weight is 399 g/mol. The third kappa shape index (κ3) is 3.18. The monoisotopic (exact) mass is 398 g/mol. The maximum Gasteiger partial charge on any atom is 0.264 e. The van der Waals surface area contributed by atoms with E-state index < -0.39 is 0 Å². The molecule has 1 fully saturated rings. The highest BCUT2D eigenvalue weighted by Crippen LogP contribution is 2.35. The molecule has 4 rings (SSSR count). The lowest BCUT2D eigenvalue weighted by Gasteiger charge is -2.36. The Hall–Kier alpha value is -2.38. The summed E-state index contributed by atoms with van der Waals surface area (Å²) in [5.41, 5.74) is 2.09. The van der Waals surface area contributed by atoms with Crippen molar-refractivity contribution in [1.82, 2.24) is 20.0 Å². The van der Waals surface area contributed by atoms with Gasteiger partial charge in [0, 0.05) is 37.6 Å². The Kier molecular flexibility index (Phi) is 5.12. The first kappa shape index (κ1) is 19.0. The number of fused-ring (bicyclic) bond motifs is 1. The zero-order chi connectivity index (χ0) is 19.8. The van der Waals surface area contributed by atoms with Crippen LogP contribution in [-0.2, 0) is 7.05 Å². The van der Waals surface area contributed by atoms with Crippen molar-refractivity contribution in [2.45, 2.75) is 25.8 Å². The quantitative estimate of drug-likeness (QED) is 0.730. The third-order valence-corrected chi connectivity index (χ3v) is 6.49. The minimum Gasteiger partial charge on any atom is -0.496 e. The number of nitrogens with zero attached hydrogens (tertiary/aromatic N) is 3. The van der Waals surface area contributed by atoms with Gasteiger partial charge in [-0.15, -0.1) is 11.3 Å². The van der Waals surface area contributed by atoms with Gasteiger partial charge in [0.05, 0.1) is 23.7 Å². The number of thiophene rings is 1. The van der Waals surface area contributed by atoms with Crippen molar-refractivity contribution >= 4 is 27.5 Å². The minimum atomic E-state index is -0.0506. The molecule has 1 atom stereocenters. The predicted molar refractivity (Wildman–Crippen MR) is 112 cm³/mol. The van der Waals surface area contributed by atoms with Crippen LogP contribution in [0.2, 0.25) is 0 Å². The van der Waals surface area contributed by atoms with E-state index in [1.165, 1.54) is 11.3 Å². The van der Waals surface area contributed by atoms with Crippen molar-refractivity contribution < 1.29 is 9.53 Å². The van der Waals surface area contributed by atoms with E-state index in [2.05, 4.69) is 24.3 Å². The first-order valence-corrected chi connectivity index (χ1v) is 10.4. The van der Waals surface area contributed by atoms with Crippen molar-refractivity contribution in [3.8, 4) is 5.75 Å². The SMILES string of the molecule is COc1ccccc1C1CNCCN1C(=O)c1cc2c(C(C)C)nn(C)c2s1. The van der Waals surface area contributed by atoms with E-state index in [-0.39, 0.29) is 11.9 Å². The summed E-state index contributed by atoms with van der Waals surface area (Å²) >= 11 is 1.53. The van der Waals surface area contributed by atoms with Crippen LogP contribution in [0.1, 0.15) is 46.7 Å². The number of amides is 1. The molecule has 1 amide bonds. The van der Waals surface area contributed by atoms with Gasteiger partial charge in [-0.2, -0.15) is 5.10 Å². The molecule has 2 aromatic heterocycles. The summed E-state index contributed by atoms with van der Waals surface area (Å²) in [6.07, 6.45) is 0. The van der Waals surface area contributed by atoms with E-state index in [9.17, 15) is 4.79 Å². The lowest BCUT2D eigenvalue weighted by Crippen LogP contribution is -2.48. The highest BCUT2D eigenvalue weighted by Gasteiger charge is 2.32. The Morgan fingerprint density at radius 2 is 2.14 bits per heavy atom. The fourth-order valence-corrected chi connectivity index (χ4v) is 4.94. The van der Waals surface area contributed by atoms with Crippen LogP contribution >= 0.6 is 11.3 Å². The summed E-state index contributed by atoms with van der Waals surface area (Å²) in [6, 6.07) is 9.92. The van der Waals surface area contributed by atoms with Gasteiger partial charge in [-0.3, -0.25) is 9.48 Å². The minimum absolute atomic E-state index is 0.0506. The second-order valence-electron chi connectivity index (χ2n) is 7.45. The van der Waals surface area contributed by atoms with Crippen molar-refractivity contribution in [3.05, 3.63) is 46.5 Å². The molecule has 0 radical (unpaired) electrons. The van der Waals surface area contributed by atoms with E-state index in [4.69, 9.17) is 4.74 Å². The molecule has 3 heterocycles. The second kappa shape index (κ2) is 7.56. The van der Waals surface area contributed by atoms with Crippen LogP contribution in [-0.4, -0.2) is 47.3 Å². The summed E-state index contributed by atoms with van der Waals surface area (Å²) in [4.78, 5) is 17.3. The molecule has 148 valence electrons. The molecule has 3 aromatic rings. The first-order chi connectivity index (χ1) is 13.5. The number of nitrogens with one attached hydrogen (secondary N) is 1. The molecule has 0 spiro atoms. The van der Waals surface area contributed by atoms with Crippen LogP contribution in [0.4, 0.5) is 0 Å². The Balaban J connectivity index is 1.71. The topological polar surface area (TPSA) is 59.4 Å². The van der Waals surface area contributed by atoms with Crippen molar-refractivity contribution in [2.24, 2.45) is 7.05 Å². The summed E-state index contributed by atoms with van der Waals surface area (Å²) in [6.45, 7) is 6.45. The van der Waals surface area contributed by atoms with Crippen LogP contribution in [0.25, 0.3) is 10.2 Å². The Morgan fingerprint density at radius 1 is 1.36 bits per heavy atom. The number of para-hydroxylation sites is 1. The highest BCUT2D eigenvalue weighted by atomic mass is 32.1. The molecule has 1 aromatic carbocycles. The molecule has 1 N–H and O–H groups in total. The fourth-order valence-electron chi connectivity index (χ4n) is 3.91. The number of aryl methyl sites for hydroxylation is 1. The molecule has 7 heteroatoms. The number of aromatic nitrogens is 2. The zero-order valence-electron chi connectivity index (χ0n) is 16.7. The van der Waals surface area contributed by atoms with E-state index >= 15 is 0 Å². The molecule has 28 heavy (non-hydrogen) atoms. The van der Waals surface area contributed by atoms with Gasteiger partial charge in [0.1, 0.15) is 10.6 Å². The van der Waals surface area contributed by atoms with Gasteiger partial charge in [0.25, 0.3) is 5.91 Å². The molecule has 1 unspecified atom stereocenters. The van der Waals surface area contributed by atoms with Crippen LogP contribution < -0.4 is 10.1 Å². The predicted octanol–water partition coefficient (Wildman–Crippen LogP) is 3.55. The number of carbonyl (C=O) groups excluding carboxylic acids is 1. The Bertz CT molecular complexity index is 1010. The lowest BCUT2D eigenvalue weighted by atomic mass is 10.0. The highest BCUT2D eigenvalue weighted by molar-refractivity contribution is 7.20. The lowest BCUT2D eigenvalue weighted by molar-refractivity contribution is 0.0637. The van der Waals surface area contributed by atoms with E-state index in [0.29, 0.717) is 12.5 Å². The van der Waals surface area contributed by atoms with Crippen LogP contribution in [0, 0.1) is 0 Å². The molecule has 0 saturated carbocycles. The van der Waals surface area contributed by atoms with Gasteiger partial charge in [-0.25, -0.2) is 0 Å². The smallest absolute Gasteiger partial charge is 0.264 e. The van der Waals surface area contributed by atoms with Gasteiger partial charge in [0.15, 0.2) is 0 Å². The van der Waals surface area contributed by atoms with Gasteiger partial charge in [-0.05, 0) is 18.1 Å². The summed E-state index contributed by atoms with van der Waals surface area (Å²) < 4.78 is 7.44. The number of hydrogen-bond acceptors (Lipinski definition) is 5. The summed E-state index contributed by atoms with van der Waals surface area (Å²) in [5, 5.41) is 9.13. The third-order valence-electron chi connectivity index (χ3n) is 5.30. The standard InChI is InChI=1S/C21H26N4O2S/c1-13(2)19-15-11-18(28-21(15)24(3)23-19)20(26)25-10-9-22-12-16(25)14-7-5-6-8-17(14)27-4/h5-8,11,13,16,22H,9-10,12H2,1-4H3. The van der Waals surface area contributed by atoms with E-state index in [0.717, 1.165) is 45.2 Å². The number of rotatable bonds is 4. The van der Waals surface area contributed by atoms with Crippen molar-refractivity contribution in [3.63, 3.8) is 0 Å². The van der Waals surface area contributed by atoms with Crippen LogP contribution in [0.15, 0.2) is 30.3 Å². The molecule has 1 aliphatic heterocycles. The second-order valence-corrected chi connectivity index (χ2v) is 8.48. The maximum atomic E-state index is 13.5. The molecular weight excluding hydrogens is 372 g/mol. The van der Waals surface area contributed by atoms with Crippen molar-refractivity contribution in [1.29, 1.82) is 0 Å². The molecular formula is C21H26N4O2S. The number of benzene rings is 1. The molecule has 1 saturated heterocycles. The normalized spacial score (nSPS) is 17.5. The molecule has 6 nitrogen and oxygen atoms in total. The number of ether oxygens (including phenoxy) is 1. The number of methoxy groups -OCH3 is 1. The van der Waals surface area contributed by atoms with Gasteiger partial charge in [0.2, 0.25) is 0 Å². The van der Waals surface area contributed by atoms with Gasteiger partial charge < -0.3 is 15.0 Å². The molecule has 0 aliphatic carbocycles. The average Bonchev–Trinajstić information content (AvgIpc) is 3.28. The van der Waals surface area contributed by atoms with E-state index in [1.807, 2.05) is 47.0 Å². The Labute approximate surface area is 169 Å². The van der Waals surface area contributed by atoms with Gasteiger partial charge in [-0.1, -0.05) is 32.0 Å². The summed E-state index contributed by atoms with van der Waals surface area (Å²) in [5.74, 6) is 1.21. The molecule has 1 aliphatic rings. The summed E-state index contributed by atoms with van der Waals surface area (Å²) in [7, 11) is 3.62. The van der Waals surface area contributed by atoms with E-state index in [1.54, 1.807) is 7.11 Å². The first-order valence-electron chi connectivity index (χ1n) is 9.62. The van der Waals surface area contributed by atoms with Crippen LogP contribution in [0.5, 0.6) is 5.75 Å². The Morgan fingerprint density at radius 3 is 2.89 bits per heavy atom. The zero-order valence-corrected chi connectivity index (χ0v) is 17.5. The molecule has 0 bridgehead atoms. The number of carbonyl (C=O) groups is 1. The number of hydrogen-bond donors (Lipinski definition) is 1.